The molecule has 0 aromatic heterocycles. The molecule has 0 aliphatic rings. The standard InChI is InChI=1S/C18H19ClN2O2/c1-12(2)23-17-9-8-15(19)10-14(17)11-20-21-18(22)16-7-5-4-6-13(16)3/h4-12H,1-3H3,(H,21,22)/b20-11-. The molecule has 0 aliphatic heterocycles. The van der Waals surface area contributed by atoms with Gasteiger partial charge in [0.25, 0.3) is 5.91 Å². The van der Waals surface area contributed by atoms with Crippen LogP contribution in [0.4, 0.5) is 0 Å². The van der Waals surface area contributed by atoms with Crippen LogP contribution in [0.15, 0.2) is 47.6 Å². The third-order valence-electron chi connectivity index (χ3n) is 3.09. The molecule has 2 aromatic carbocycles. The van der Waals surface area contributed by atoms with E-state index < -0.39 is 0 Å². The van der Waals surface area contributed by atoms with Crippen molar-refractivity contribution in [3.63, 3.8) is 0 Å². The van der Waals surface area contributed by atoms with Crippen molar-refractivity contribution in [2.75, 3.05) is 0 Å². The van der Waals surface area contributed by atoms with Crippen LogP contribution < -0.4 is 10.2 Å². The van der Waals surface area contributed by atoms with Crippen LogP contribution in [0.2, 0.25) is 5.02 Å². The van der Waals surface area contributed by atoms with Crippen LogP contribution in [0, 0.1) is 6.92 Å². The molecule has 0 unspecified atom stereocenters. The summed E-state index contributed by atoms with van der Waals surface area (Å²) in [6.45, 7) is 5.76. The first-order valence-electron chi connectivity index (χ1n) is 7.32. The minimum atomic E-state index is -0.257. The third-order valence-corrected chi connectivity index (χ3v) is 3.33. The van der Waals surface area contributed by atoms with E-state index in [0.29, 0.717) is 21.9 Å². The van der Waals surface area contributed by atoms with Crippen molar-refractivity contribution in [1.82, 2.24) is 5.43 Å². The van der Waals surface area contributed by atoms with Gasteiger partial charge in [-0.1, -0.05) is 29.8 Å². The fourth-order valence-electron chi connectivity index (χ4n) is 2.03. The monoisotopic (exact) mass is 330 g/mol. The van der Waals surface area contributed by atoms with Gasteiger partial charge in [-0.25, -0.2) is 5.43 Å². The highest BCUT2D eigenvalue weighted by atomic mass is 35.5. The van der Waals surface area contributed by atoms with Crippen LogP contribution in [0.1, 0.15) is 35.3 Å². The van der Waals surface area contributed by atoms with Crippen LogP contribution in [-0.4, -0.2) is 18.2 Å². The van der Waals surface area contributed by atoms with Gasteiger partial charge >= 0.3 is 0 Å². The van der Waals surface area contributed by atoms with Crippen molar-refractivity contribution < 1.29 is 9.53 Å². The quantitative estimate of drug-likeness (QED) is 0.660. The molecule has 0 saturated carbocycles. The summed E-state index contributed by atoms with van der Waals surface area (Å²) in [5.41, 5.74) is 4.71. The molecule has 120 valence electrons. The van der Waals surface area contributed by atoms with E-state index in [1.54, 1.807) is 24.3 Å². The second kappa shape index (κ2) is 7.79. The maximum Gasteiger partial charge on any atom is 0.271 e. The Morgan fingerprint density at radius 2 is 2.00 bits per heavy atom. The molecule has 0 radical (unpaired) electrons. The number of nitrogens with zero attached hydrogens (tertiary/aromatic N) is 1. The van der Waals surface area contributed by atoms with E-state index in [0.717, 1.165) is 5.56 Å². The molecule has 2 aromatic rings. The first-order valence-corrected chi connectivity index (χ1v) is 7.70. The second-order valence-electron chi connectivity index (χ2n) is 5.36. The van der Waals surface area contributed by atoms with Gasteiger partial charge in [-0.3, -0.25) is 4.79 Å². The number of hydrogen-bond acceptors (Lipinski definition) is 3. The summed E-state index contributed by atoms with van der Waals surface area (Å²) in [5, 5.41) is 4.58. The number of nitrogens with one attached hydrogen (secondary N) is 1. The summed E-state index contributed by atoms with van der Waals surface area (Å²) in [6.07, 6.45) is 1.56. The molecule has 0 spiro atoms. The minimum Gasteiger partial charge on any atom is -0.490 e. The Morgan fingerprint density at radius 1 is 1.26 bits per heavy atom. The predicted octanol–water partition coefficient (Wildman–Crippen LogP) is 4.20. The topological polar surface area (TPSA) is 50.7 Å². The molecule has 0 saturated heterocycles. The fourth-order valence-corrected chi connectivity index (χ4v) is 2.21. The summed E-state index contributed by atoms with van der Waals surface area (Å²) in [4.78, 5) is 12.1. The maximum atomic E-state index is 12.1. The lowest BCUT2D eigenvalue weighted by Crippen LogP contribution is -2.18. The number of benzene rings is 2. The van der Waals surface area contributed by atoms with Gasteiger partial charge < -0.3 is 4.74 Å². The molecule has 4 nitrogen and oxygen atoms in total. The molecule has 0 bridgehead atoms. The molecular formula is C18H19ClN2O2. The average molecular weight is 331 g/mol. The lowest BCUT2D eigenvalue weighted by Gasteiger charge is -2.12. The molecule has 23 heavy (non-hydrogen) atoms. The molecule has 0 atom stereocenters. The minimum absolute atomic E-state index is 0.0323. The highest BCUT2D eigenvalue weighted by molar-refractivity contribution is 6.30. The molecule has 2 rings (SSSR count). The van der Waals surface area contributed by atoms with Gasteiger partial charge in [0.1, 0.15) is 5.75 Å². The summed E-state index contributed by atoms with van der Waals surface area (Å²) < 4.78 is 5.70. The lowest BCUT2D eigenvalue weighted by atomic mass is 10.1. The Bertz CT molecular complexity index is 727. The lowest BCUT2D eigenvalue weighted by molar-refractivity contribution is 0.0954. The van der Waals surface area contributed by atoms with E-state index in [1.807, 2.05) is 39.0 Å². The summed E-state index contributed by atoms with van der Waals surface area (Å²) >= 11 is 6.01. The van der Waals surface area contributed by atoms with Crippen LogP contribution in [0.25, 0.3) is 0 Å². The van der Waals surface area contributed by atoms with Crippen molar-refractivity contribution in [3.8, 4) is 5.75 Å². The summed E-state index contributed by atoms with van der Waals surface area (Å²) in [5.74, 6) is 0.408. The van der Waals surface area contributed by atoms with E-state index in [4.69, 9.17) is 16.3 Å². The molecule has 5 heteroatoms. The number of hydrazone groups is 1. The molecular weight excluding hydrogens is 312 g/mol. The van der Waals surface area contributed by atoms with Gasteiger partial charge in [0, 0.05) is 16.1 Å². The Labute approximate surface area is 141 Å². The fraction of sp³-hybridized carbons (Fsp3) is 0.222. The average Bonchev–Trinajstić information content (AvgIpc) is 2.50. The smallest absolute Gasteiger partial charge is 0.271 e. The number of carbonyl (C=O) groups is 1. The van der Waals surface area contributed by atoms with Gasteiger partial charge in [-0.2, -0.15) is 5.10 Å². The second-order valence-corrected chi connectivity index (χ2v) is 5.80. The van der Waals surface area contributed by atoms with Gasteiger partial charge in [-0.05, 0) is 50.6 Å². The van der Waals surface area contributed by atoms with E-state index in [9.17, 15) is 4.79 Å². The first-order chi connectivity index (χ1) is 11.0. The van der Waals surface area contributed by atoms with E-state index >= 15 is 0 Å². The van der Waals surface area contributed by atoms with Crippen molar-refractivity contribution in [3.05, 3.63) is 64.2 Å². The van der Waals surface area contributed by atoms with Crippen molar-refractivity contribution in [1.29, 1.82) is 0 Å². The molecule has 0 aliphatic carbocycles. The molecule has 0 fully saturated rings. The number of halogens is 1. The molecule has 1 N–H and O–H groups in total. The van der Waals surface area contributed by atoms with Gasteiger partial charge in [0.05, 0.1) is 12.3 Å². The number of aryl methyl sites for hydroxylation is 1. The predicted molar refractivity (Wildman–Crippen MR) is 93.5 cm³/mol. The van der Waals surface area contributed by atoms with Gasteiger partial charge in [0.2, 0.25) is 0 Å². The Hall–Kier alpha value is -2.33. The van der Waals surface area contributed by atoms with Crippen LogP contribution in [0.3, 0.4) is 0 Å². The zero-order valence-electron chi connectivity index (χ0n) is 13.3. The number of hydrogen-bond donors (Lipinski definition) is 1. The normalized spacial score (nSPS) is 11.0. The number of carbonyl (C=O) groups excluding carboxylic acids is 1. The SMILES string of the molecule is Cc1ccccc1C(=O)N/N=C\c1cc(Cl)ccc1OC(C)C. The summed E-state index contributed by atoms with van der Waals surface area (Å²) in [6, 6.07) is 12.6. The van der Waals surface area contributed by atoms with E-state index in [1.165, 1.54) is 6.21 Å². The van der Waals surface area contributed by atoms with Gasteiger partial charge in [-0.15, -0.1) is 0 Å². The highest BCUT2D eigenvalue weighted by Gasteiger charge is 2.08. The van der Waals surface area contributed by atoms with Crippen molar-refractivity contribution >= 4 is 23.7 Å². The Balaban J connectivity index is 2.13. The van der Waals surface area contributed by atoms with Crippen LogP contribution in [0.5, 0.6) is 5.75 Å². The molecule has 1 amide bonds. The number of rotatable bonds is 5. The number of amides is 1. The van der Waals surface area contributed by atoms with Crippen molar-refractivity contribution in [2.24, 2.45) is 5.10 Å². The first kappa shape index (κ1) is 17.0. The summed E-state index contributed by atoms with van der Waals surface area (Å²) in [7, 11) is 0. The maximum absolute atomic E-state index is 12.1. The largest absolute Gasteiger partial charge is 0.490 e. The Morgan fingerprint density at radius 3 is 2.70 bits per heavy atom. The van der Waals surface area contributed by atoms with E-state index in [2.05, 4.69) is 10.5 Å². The van der Waals surface area contributed by atoms with E-state index in [-0.39, 0.29) is 12.0 Å². The third kappa shape index (κ3) is 4.83. The zero-order valence-corrected chi connectivity index (χ0v) is 14.1. The van der Waals surface area contributed by atoms with Gasteiger partial charge in [0.15, 0.2) is 0 Å². The van der Waals surface area contributed by atoms with Crippen LogP contribution in [-0.2, 0) is 0 Å². The molecule has 0 heterocycles. The van der Waals surface area contributed by atoms with Crippen molar-refractivity contribution in [2.45, 2.75) is 26.9 Å². The Kier molecular flexibility index (Phi) is 5.77. The highest BCUT2D eigenvalue weighted by Crippen LogP contribution is 2.22. The zero-order chi connectivity index (χ0) is 16.8. The van der Waals surface area contributed by atoms with Crippen LogP contribution >= 0.6 is 11.6 Å². The number of ether oxygens (including phenoxy) is 1.